The van der Waals surface area contributed by atoms with Crippen LogP contribution in [0.25, 0.3) is 16.6 Å². The summed E-state index contributed by atoms with van der Waals surface area (Å²) in [7, 11) is 0. The van der Waals surface area contributed by atoms with Crippen LogP contribution in [0.3, 0.4) is 0 Å². The largest absolute Gasteiger partial charge is 0.369 e. The van der Waals surface area contributed by atoms with Gasteiger partial charge in [0.2, 0.25) is 0 Å². The molecule has 1 aromatic carbocycles. The van der Waals surface area contributed by atoms with Crippen LogP contribution in [0.4, 0.5) is 0 Å². The summed E-state index contributed by atoms with van der Waals surface area (Å²) in [4.78, 5) is 6.77. The average Bonchev–Trinajstić information content (AvgIpc) is 3.38. The lowest BCUT2D eigenvalue weighted by molar-refractivity contribution is -0.0343. The highest BCUT2D eigenvalue weighted by atomic mass is 32.1. The smallest absolute Gasteiger partial charge is 0.121 e. The lowest BCUT2D eigenvalue weighted by Crippen LogP contribution is -2.38. The first kappa shape index (κ1) is 17.5. The normalized spacial score (nSPS) is 18.0. The minimum Gasteiger partial charge on any atom is -0.369 e. The number of nitrogens with zero attached hydrogens (tertiary/aromatic N) is 5. The summed E-state index contributed by atoms with van der Waals surface area (Å²) in [5.74, 6) is 0. The first-order valence-electron chi connectivity index (χ1n) is 9.40. The fourth-order valence-electron chi connectivity index (χ4n) is 3.59. The molecular formula is C21H21N5OS. The third-order valence-electron chi connectivity index (χ3n) is 5.12. The number of hydrogen-bond acceptors (Lipinski definition) is 6. The molecule has 1 saturated heterocycles. The summed E-state index contributed by atoms with van der Waals surface area (Å²) in [6.45, 7) is 5.35. The van der Waals surface area contributed by atoms with Crippen LogP contribution in [0.5, 0.6) is 0 Å². The van der Waals surface area contributed by atoms with E-state index in [1.165, 1.54) is 11.1 Å². The molecule has 0 bridgehead atoms. The molecule has 3 aromatic heterocycles. The Morgan fingerprint density at radius 3 is 2.82 bits per heavy atom. The van der Waals surface area contributed by atoms with Gasteiger partial charge in [-0.2, -0.15) is 0 Å². The maximum atomic E-state index is 6.03. The zero-order valence-electron chi connectivity index (χ0n) is 15.7. The monoisotopic (exact) mass is 391 g/mol. The molecule has 4 aromatic rings. The van der Waals surface area contributed by atoms with E-state index in [1.807, 2.05) is 22.3 Å². The summed E-state index contributed by atoms with van der Waals surface area (Å²) in [5, 5.41) is 12.0. The van der Waals surface area contributed by atoms with Crippen molar-refractivity contribution in [3.05, 3.63) is 70.4 Å². The molecule has 5 rings (SSSR count). The maximum absolute atomic E-state index is 6.03. The number of thiazole rings is 1. The minimum atomic E-state index is -0.0727. The van der Waals surface area contributed by atoms with E-state index in [1.54, 1.807) is 11.3 Å². The van der Waals surface area contributed by atoms with Crippen molar-refractivity contribution in [3.63, 3.8) is 0 Å². The second-order valence-electron chi connectivity index (χ2n) is 7.11. The fourth-order valence-corrected chi connectivity index (χ4v) is 4.25. The molecule has 7 heteroatoms. The maximum Gasteiger partial charge on any atom is 0.121 e. The molecule has 0 aliphatic carbocycles. The molecule has 0 N–H and O–H groups in total. The van der Waals surface area contributed by atoms with Gasteiger partial charge in [-0.05, 0) is 18.6 Å². The van der Waals surface area contributed by atoms with Crippen molar-refractivity contribution in [2.45, 2.75) is 19.6 Å². The Morgan fingerprint density at radius 2 is 2.00 bits per heavy atom. The van der Waals surface area contributed by atoms with Crippen LogP contribution < -0.4 is 0 Å². The van der Waals surface area contributed by atoms with Crippen molar-refractivity contribution in [1.29, 1.82) is 0 Å². The van der Waals surface area contributed by atoms with Gasteiger partial charge in [0.05, 0.1) is 18.7 Å². The number of morpholine rings is 1. The van der Waals surface area contributed by atoms with Crippen LogP contribution >= 0.6 is 11.3 Å². The summed E-state index contributed by atoms with van der Waals surface area (Å²) in [6, 6.07) is 12.7. The average molecular weight is 392 g/mol. The number of benzene rings is 1. The van der Waals surface area contributed by atoms with Crippen LogP contribution in [-0.4, -0.2) is 44.4 Å². The van der Waals surface area contributed by atoms with Gasteiger partial charge in [-0.1, -0.05) is 41.1 Å². The molecular weight excluding hydrogens is 370 g/mol. The van der Waals surface area contributed by atoms with E-state index in [4.69, 9.17) is 4.74 Å². The van der Waals surface area contributed by atoms with E-state index in [0.29, 0.717) is 6.61 Å². The molecule has 4 heterocycles. The van der Waals surface area contributed by atoms with E-state index >= 15 is 0 Å². The van der Waals surface area contributed by atoms with Gasteiger partial charge in [0.15, 0.2) is 0 Å². The Hall–Kier alpha value is -2.61. The van der Waals surface area contributed by atoms with Crippen molar-refractivity contribution in [1.82, 2.24) is 24.7 Å². The number of fused-ring (bicyclic) bond motifs is 1. The molecule has 1 unspecified atom stereocenters. The van der Waals surface area contributed by atoms with E-state index in [0.717, 1.165) is 41.4 Å². The molecule has 1 atom stereocenters. The standard InChI is InChI=1S/C21H21N5OS/c1-15-2-4-16(5-3-15)17-6-7-18-21(23-24-26(18)12-17)19-13-25(9-10-27-19)14-20-22-8-11-28-20/h2-8,11-12,19H,9-10,13-14H2,1H3. The van der Waals surface area contributed by atoms with Gasteiger partial charge >= 0.3 is 0 Å². The number of rotatable bonds is 4. The molecule has 0 radical (unpaired) electrons. The molecule has 28 heavy (non-hydrogen) atoms. The zero-order chi connectivity index (χ0) is 18.9. The summed E-state index contributed by atoms with van der Waals surface area (Å²) in [5.41, 5.74) is 5.45. The predicted octanol–water partition coefficient (Wildman–Crippen LogP) is 3.73. The Labute approximate surface area is 167 Å². The topological polar surface area (TPSA) is 55.5 Å². The van der Waals surface area contributed by atoms with Crippen molar-refractivity contribution >= 4 is 16.9 Å². The lowest BCUT2D eigenvalue weighted by Gasteiger charge is -2.31. The van der Waals surface area contributed by atoms with Crippen LogP contribution in [0, 0.1) is 6.92 Å². The highest BCUT2D eigenvalue weighted by Gasteiger charge is 2.26. The molecule has 1 fully saturated rings. The quantitative estimate of drug-likeness (QED) is 0.530. The van der Waals surface area contributed by atoms with Crippen LogP contribution in [0.2, 0.25) is 0 Å². The highest BCUT2D eigenvalue weighted by Crippen LogP contribution is 2.27. The number of aromatic nitrogens is 4. The predicted molar refractivity (Wildman–Crippen MR) is 109 cm³/mol. The number of aryl methyl sites for hydroxylation is 1. The van der Waals surface area contributed by atoms with Gasteiger partial charge in [-0.3, -0.25) is 4.90 Å². The second kappa shape index (κ2) is 7.43. The van der Waals surface area contributed by atoms with Crippen molar-refractivity contribution < 1.29 is 4.74 Å². The SMILES string of the molecule is Cc1ccc(-c2ccc3c(C4CN(Cc5nccs5)CCO4)nnn3c2)cc1. The van der Waals surface area contributed by atoms with Crippen LogP contribution in [0.1, 0.15) is 22.4 Å². The van der Waals surface area contributed by atoms with Gasteiger partial charge in [0.25, 0.3) is 0 Å². The van der Waals surface area contributed by atoms with Gasteiger partial charge in [-0.15, -0.1) is 16.4 Å². The molecule has 0 spiro atoms. The molecule has 0 amide bonds. The van der Waals surface area contributed by atoms with Crippen LogP contribution in [0.15, 0.2) is 54.2 Å². The van der Waals surface area contributed by atoms with Crippen molar-refractivity contribution in [2.75, 3.05) is 19.7 Å². The molecule has 142 valence electrons. The summed E-state index contributed by atoms with van der Waals surface area (Å²) < 4.78 is 7.89. The van der Waals surface area contributed by atoms with Crippen molar-refractivity contribution in [2.24, 2.45) is 0 Å². The van der Waals surface area contributed by atoms with E-state index < -0.39 is 0 Å². The van der Waals surface area contributed by atoms with Crippen LogP contribution in [-0.2, 0) is 11.3 Å². The Kier molecular flexibility index (Phi) is 4.64. The van der Waals surface area contributed by atoms with E-state index in [9.17, 15) is 0 Å². The fraction of sp³-hybridized carbons (Fsp3) is 0.286. The Morgan fingerprint density at radius 1 is 1.14 bits per heavy atom. The first-order chi connectivity index (χ1) is 13.8. The van der Waals surface area contributed by atoms with E-state index in [-0.39, 0.29) is 6.10 Å². The first-order valence-corrected chi connectivity index (χ1v) is 10.3. The van der Waals surface area contributed by atoms with E-state index in [2.05, 4.69) is 63.5 Å². The lowest BCUT2D eigenvalue weighted by atomic mass is 10.1. The Balaban J connectivity index is 1.39. The van der Waals surface area contributed by atoms with Crippen molar-refractivity contribution in [3.8, 4) is 11.1 Å². The van der Waals surface area contributed by atoms with Gasteiger partial charge in [0, 0.05) is 36.4 Å². The molecule has 6 nitrogen and oxygen atoms in total. The minimum absolute atomic E-state index is 0.0727. The van der Waals surface area contributed by atoms with Gasteiger partial charge in [0.1, 0.15) is 16.8 Å². The zero-order valence-corrected chi connectivity index (χ0v) is 16.5. The van der Waals surface area contributed by atoms with Gasteiger partial charge < -0.3 is 4.74 Å². The third-order valence-corrected chi connectivity index (χ3v) is 5.89. The molecule has 1 aliphatic rings. The summed E-state index contributed by atoms with van der Waals surface area (Å²) >= 11 is 1.69. The number of hydrogen-bond donors (Lipinski definition) is 0. The number of pyridine rings is 1. The second-order valence-corrected chi connectivity index (χ2v) is 8.09. The highest BCUT2D eigenvalue weighted by molar-refractivity contribution is 7.09. The Bertz CT molecular complexity index is 1070. The van der Waals surface area contributed by atoms with Gasteiger partial charge in [-0.25, -0.2) is 9.50 Å². The number of ether oxygens (including phenoxy) is 1. The third kappa shape index (κ3) is 3.44. The molecule has 0 saturated carbocycles. The summed E-state index contributed by atoms with van der Waals surface area (Å²) in [6.07, 6.45) is 3.82. The molecule has 1 aliphatic heterocycles.